The molecule has 184 valence electrons. The van der Waals surface area contributed by atoms with Gasteiger partial charge in [0.15, 0.2) is 0 Å². The summed E-state index contributed by atoms with van der Waals surface area (Å²) in [6, 6.07) is 7.80. The highest BCUT2D eigenvalue weighted by Gasteiger charge is 2.40. The molecule has 1 heterocycles. The molecule has 1 atom stereocenters. The number of hydrogen-bond donors (Lipinski definition) is 0. The van der Waals surface area contributed by atoms with E-state index in [4.69, 9.17) is 15.0 Å². The van der Waals surface area contributed by atoms with Gasteiger partial charge in [0.2, 0.25) is 0 Å². The molecule has 3 aliphatic rings. The first-order chi connectivity index (χ1) is 16.8. The summed E-state index contributed by atoms with van der Waals surface area (Å²) in [5.74, 6) is 0.858. The highest BCUT2D eigenvalue weighted by Crippen LogP contribution is 2.35. The summed E-state index contributed by atoms with van der Waals surface area (Å²) in [6.45, 7) is 3.40. The van der Waals surface area contributed by atoms with Gasteiger partial charge in [0.05, 0.1) is 18.3 Å². The van der Waals surface area contributed by atoms with Crippen LogP contribution in [0.1, 0.15) is 67.6 Å². The van der Waals surface area contributed by atoms with Crippen LogP contribution in [0.4, 0.5) is 4.79 Å². The number of azide groups is 1. The average molecular weight is 479 g/mol. The number of carbonyl (C=O) groups is 2. The molecule has 1 aromatic heterocycles. The molecule has 0 N–H and O–H groups in total. The third-order valence-corrected chi connectivity index (χ3v) is 6.61. The lowest BCUT2D eigenvalue weighted by Crippen LogP contribution is -2.44. The SMILES string of the molecule is CC(C)(CN=[N+]=[N-])OC(=O)n1cc2c(n1)CCC(N(C(=O)c1ccc(OC3CC3)cc1)C1CC1)C2. The standard InChI is InChI=1S/C25H30N6O4/c1-25(2,15-27-29-26)35-24(33)30-14-17-13-19(7-12-22(17)28-30)31(18-5-6-18)23(32)16-3-8-20(9-4-16)34-21-10-11-21/h3-4,8-9,14,18-19,21H,5-7,10-13,15H2,1-2H3. The predicted octanol–water partition coefficient (Wildman–Crippen LogP) is 4.66. The third kappa shape index (κ3) is 5.43. The maximum atomic E-state index is 13.5. The Bertz CT molecular complexity index is 1160. The molecule has 3 aliphatic carbocycles. The number of aryl methyl sites for hydroxylation is 1. The second-order valence-corrected chi connectivity index (χ2v) is 10.2. The van der Waals surface area contributed by atoms with E-state index in [1.54, 1.807) is 20.0 Å². The Hall–Kier alpha value is -3.52. The van der Waals surface area contributed by atoms with Crippen LogP contribution in [0.3, 0.4) is 0 Å². The number of ether oxygens (including phenoxy) is 2. The number of amides is 1. The van der Waals surface area contributed by atoms with Gasteiger partial charge in [-0.3, -0.25) is 4.79 Å². The minimum absolute atomic E-state index is 0.0322. The molecule has 5 rings (SSSR count). The van der Waals surface area contributed by atoms with Gasteiger partial charge < -0.3 is 14.4 Å². The quantitative estimate of drug-likeness (QED) is 0.310. The molecular formula is C25H30N6O4. The molecular weight excluding hydrogens is 448 g/mol. The van der Waals surface area contributed by atoms with Crippen LogP contribution in [-0.4, -0.2) is 57.0 Å². The largest absolute Gasteiger partial charge is 0.490 e. The van der Waals surface area contributed by atoms with E-state index in [1.807, 2.05) is 29.2 Å². The Balaban J connectivity index is 1.27. The van der Waals surface area contributed by atoms with Crippen molar-refractivity contribution in [3.8, 4) is 5.75 Å². The number of rotatable bonds is 8. The Labute approximate surface area is 203 Å². The van der Waals surface area contributed by atoms with Gasteiger partial charge in [-0.2, -0.15) is 9.78 Å². The summed E-state index contributed by atoms with van der Waals surface area (Å²) in [5, 5.41) is 7.93. The van der Waals surface area contributed by atoms with Crippen molar-refractivity contribution in [3.63, 3.8) is 0 Å². The van der Waals surface area contributed by atoms with Crippen LogP contribution in [0, 0.1) is 0 Å². The molecule has 2 saturated carbocycles. The zero-order chi connectivity index (χ0) is 24.6. The van der Waals surface area contributed by atoms with E-state index in [1.165, 1.54) is 4.68 Å². The summed E-state index contributed by atoms with van der Waals surface area (Å²) in [5.41, 5.74) is 10.1. The topological polar surface area (TPSA) is 122 Å². The van der Waals surface area contributed by atoms with Crippen molar-refractivity contribution >= 4 is 12.0 Å². The molecule has 0 saturated heterocycles. The zero-order valence-electron chi connectivity index (χ0n) is 20.1. The van der Waals surface area contributed by atoms with Gasteiger partial charge in [0.1, 0.15) is 11.4 Å². The molecule has 2 aromatic rings. The number of nitrogens with zero attached hydrogens (tertiary/aromatic N) is 6. The molecule has 35 heavy (non-hydrogen) atoms. The number of benzene rings is 1. The molecule has 10 heteroatoms. The monoisotopic (exact) mass is 478 g/mol. The lowest BCUT2D eigenvalue weighted by Gasteiger charge is -2.34. The van der Waals surface area contributed by atoms with E-state index in [-0.39, 0.29) is 24.5 Å². The van der Waals surface area contributed by atoms with Crippen LogP contribution in [-0.2, 0) is 17.6 Å². The summed E-state index contributed by atoms with van der Waals surface area (Å²) in [7, 11) is 0. The second kappa shape index (κ2) is 9.26. The second-order valence-electron chi connectivity index (χ2n) is 10.2. The number of aromatic nitrogens is 2. The number of carbonyl (C=O) groups excluding carboxylic acids is 2. The Morgan fingerprint density at radius 2 is 1.91 bits per heavy atom. The van der Waals surface area contributed by atoms with Gasteiger partial charge in [-0.15, -0.1) is 0 Å². The molecule has 1 aromatic carbocycles. The van der Waals surface area contributed by atoms with E-state index < -0.39 is 11.7 Å². The van der Waals surface area contributed by atoms with Crippen LogP contribution in [0.2, 0.25) is 0 Å². The van der Waals surface area contributed by atoms with Gasteiger partial charge in [-0.25, -0.2) is 4.79 Å². The van der Waals surface area contributed by atoms with Crippen molar-refractivity contribution in [2.24, 2.45) is 5.11 Å². The summed E-state index contributed by atoms with van der Waals surface area (Å²) < 4.78 is 12.5. The maximum absolute atomic E-state index is 13.5. The normalized spacial score (nSPS) is 19.3. The molecule has 2 fully saturated rings. The zero-order valence-corrected chi connectivity index (χ0v) is 20.1. The third-order valence-electron chi connectivity index (χ3n) is 6.61. The van der Waals surface area contributed by atoms with E-state index >= 15 is 0 Å². The lowest BCUT2D eigenvalue weighted by atomic mass is 9.91. The molecule has 1 amide bonds. The first kappa shape index (κ1) is 23.2. The van der Waals surface area contributed by atoms with Gasteiger partial charge in [-0.05, 0) is 94.2 Å². The first-order valence-corrected chi connectivity index (χ1v) is 12.2. The molecule has 0 aliphatic heterocycles. The van der Waals surface area contributed by atoms with E-state index in [2.05, 4.69) is 15.1 Å². The van der Waals surface area contributed by atoms with Crippen molar-refractivity contribution in [2.75, 3.05) is 6.54 Å². The van der Waals surface area contributed by atoms with Crippen LogP contribution >= 0.6 is 0 Å². The van der Waals surface area contributed by atoms with Crippen molar-refractivity contribution in [3.05, 3.63) is 57.7 Å². The number of hydrogen-bond acceptors (Lipinski definition) is 6. The molecule has 1 unspecified atom stereocenters. The van der Waals surface area contributed by atoms with Gasteiger partial charge in [0.25, 0.3) is 5.91 Å². The minimum Gasteiger partial charge on any atom is -0.490 e. The van der Waals surface area contributed by atoms with Crippen LogP contribution in [0.15, 0.2) is 35.6 Å². The van der Waals surface area contributed by atoms with Crippen molar-refractivity contribution < 1.29 is 19.1 Å². The van der Waals surface area contributed by atoms with Crippen LogP contribution < -0.4 is 4.74 Å². The highest BCUT2D eigenvalue weighted by molar-refractivity contribution is 5.95. The molecule has 10 nitrogen and oxygen atoms in total. The smallest absolute Gasteiger partial charge is 0.435 e. The van der Waals surface area contributed by atoms with Crippen LogP contribution in [0.25, 0.3) is 10.4 Å². The Morgan fingerprint density at radius 1 is 1.17 bits per heavy atom. The summed E-state index contributed by atoms with van der Waals surface area (Å²) >= 11 is 0. The van der Waals surface area contributed by atoms with Gasteiger partial charge >= 0.3 is 6.09 Å². The van der Waals surface area contributed by atoms with E-state index in [0.717, 1.165) is 49.1 Å². The molecule has 0 radical (unpaired) electrons. The van der Waals surface area contributed by atoms with E-state index in [0.29, 0.717) is 24.5 Å². The Kier molecular flexibility index (Phi) is 6.15. The van der Waals surface area contributed by atoms with Gasteiger partial charge in [0, 0.05) is 28.8 Å². The first-order valence-electron chi connectivity index (χ1n) is 12.2. The fourth-order valence-electron chi connectivity index (χ4n) is 4.52. The fourth-order valence-corrected chi connectivity index (χ4v) is 4.52. The average Bonchev–Trinajstić information content (AvgIpc) is 3.77. The molecule has 0 bridgehead atoms. The highest BCUT2D eigenvalue weighted by atomic mass is 16.6. The van der Waals surface area contributed by atoms with Crippen molar-refractivity contribution in [2.45, 2.75) is 82.6 Å². The fraction of sp³-hybridized carbons (Fsp3) is 0.560. The molecule has 0 spiro atoms. The minimum atomic E-state index is -0.938. The predicted molar refractivity (Wildman–Crippen MR) is 127 cm³/mol. The summed E-state index contributed by atoms with van der Waals surface area (Å²) in [4.78, 5) is 30.9. The number of fused-ring (bicyclic) bond motifs is 1. The van der Waals surface area contributed by atoms with E-state index in [9.17, 15) is 9.59 Å². The maximum Gasteiger partial charge on any atom is 0.435 e. The lowest BCUT2D eigenvalue weighted by molar-refractivity contribution is 0.0441. The van der Waals surface area contributed by atoms with Crippen LogP contribution in [0.5, 0.6) is 5.75 Å². The van der Waals surface area contributed by atoms with Crippen molar-refractivity contribution in [1.82, 2.24) is 14.7 Å². The Morgan fingerprint density at radius 3 is 2.57 bits per heavy atom. The van der Waals surface area contributed by atoms with Gasteiger partial charge in [-0.1, -0.05) is 5.11 Å². The summed E-state index contributed by atoms with van der Waals surface area (Å²) in [6.07, 6.45) is 7.78. The van der Waals surface area contributed by atoms with Crippen molar-refractivity contribution in [1.29, 1.82) is 0 Å².